The number of nitrogens with zero attached hydrogens (tertiary/aromatic N) is 3. The first-order valence-corrected chi connectivity index (χ1v) is 9.26. The van der Waals surface area contributed by atoms with Gasteiger partial charge in [0.05, 0.1) is 11.9 Å². The van der Waals surface area contributed by atoms with Gasteiger partial charge in [0.1, 0.15) is 0 Å². The predicted octanol–water partition coefficient (Wildman–Crippen LogP) is 2.79. The van der Waals surface area contributed by atoms with Crippen LogP contribution in [0.4, 0.5) is 0 Å². The van der Waals surface area contributed by atoms with Crippen LogP contribution in [0.5, 0.6) is 0 Å². The quantitative estimate of drug-likeness (QED) is 0.845. The number of amides is 1. The zero-order valence-electron chi connectivity index (χ0n) is 14.4. The van der Waals surface area contributed by atoms with E-state index in [1.54, 1.807) is 30.7 Å². The van der Waals surface area contributed by atoms with Crippen LogP contribution >= 0.6 is 0 Å². The maximum atomic E-state index is 12.2. The number of piperidine rings is 1. The van der Waals surface area contributed by atoms with Crippen LogP contribution in [0.2, 0.25) is 0 Å². The maximum Gasteiger partial charge on any atom is 0.244 e. The van der Waals surface area contributed by atoms with E-state index in [-0.39, 0.29) is 11.4 Å². The molecule has 2 fully saturated rings. The van der Waals surface area contributed by atoms with E-state index in [0.717, 1.165) is 6.54 Å². The molecule has 3 rings (SSSR count). The second kappa shape index (κ2) is 8.38. The summed E-state index contributed by atoms with van der Waals surface area (Å²) < 4.78 is 0. The summed E-state index contributed by atoms with van der Waals surface area (Å²) in [5, 5.41) is 3.15. The molecule has 0 unspecified atom stereocenters. The average Bonchev–Trinajstić information content (AvgIpc) is 2.67. The van der Waals surface area contributed by atoms with Crippen molar-refractivity contribution in [2.75, 3.05) is 19.6 Å². The summed E-state index contributed by atoms with van der Waals surface area (Å²) in [5.74, 6) is -0.0392. The molecule has 1 aromatic heterocycles. The zero-order chi connectivity index (χ0) is 16.7. The molecular formula is C19H28N4O. The minimum atomic E-state index is -0.0392. The van der Waals surface area contributed by atoms with Crippen molar-refractivity contribution < 1.29 is 4.79 Å². The van der Waals surface area contributed by atoms with Crippen LogP contribution in [-0.4, -0.2) is 45.9 Å². The van der Waals surface area contributed by atoms with E-state index in [0.29, 0.717) is 5.69 Å². The fraction of sp³-hybridized carbons (Fsp3) is 0.632. The second-order valence-corrected chi connectivity index (χ2v) is 7.01. The summed E-state index contributed by atoms with van der Waals surface area (Å²) in [7, 11) is 0. The Kier molecular flexibility index (Phi) is 5.96. The number of nitrogens with one attached hydrogen (secondary N) is 1. The van der Waals surface area contributed by atoms with Crippen LogP contribution < -0.4 is 5.32 Å². The van der Waals surface area contributed by atoms with Gasteiger partial charge in [-0.25, -0.2) is 0 Å². The Balaban J connectivity index is 1.58. The normalized spacial score (nSPS) is 21.7. The minimum Gasteiger partial charge on any atom is -0.351 e. The number of rotatable bonds is 5. The lowest BCUT2D eigenvalue weighted by Gasteiger charge is -2.48. The molecule has 0 bridgehead atoms. The van der Waals surface area contributed by atoms with Crippen LogP contribution in [0.25, 0.3) is 6.08 Å². The number of aromatic nitrogens is 2. The number of likely N-dealkylation sites (tertiary alicyclic amines) is 1. The third-order valence-corrected chi connectivity index (χ3v) is 5.39. The van der Waals surface area contributed by atoms with Gasteiger partial charge in [-0.2, -0.15) is 0 Å². The highest BCUT2D eigenvalue weighted by Gasteiger charge is 2.38. The van der Waals surface area contributed by atoms with Gasteiger partial charge in [-0.1, -0.05) is 25.7 Å². The van der Waals surface area contributed by atoms with Gasteiger partial charge in [0.15, 0.2) is 0 Å². The molecule has 1 aliphatic carbocycles. The second-order valence-electron chi connectivity index (χ2n) is 7.01. The zero-order valence-corrected chi connectivity index (χ0v) is 14.4. The van der Waals surface area contributed by atoms with Crippen molar-refractivity contribution in [1.82, 2.24) is 20.2 Å². The van der Waals surface area contributed by atoms with Gasteiger partial charge >= 0.3 is 0 Å². The molecule has 130 valence electrons. The highest BCUT2D eigenvalue weighted by Crippen LogP contribution is 2.35. The monoisotopic (exact) mass is 328 g/mol. The Morgan fingerprint density at radius 3 is 2.58 bits per heavy atom. The summed E-state index contributed by atoms with van der Waals surface area (Å²) in [5.41, 5.74) is 0.880. The molecule has 0 spiro atoms. The number of hydrogen-bond donors (Lipinski definition) is 1. The Morgan fingerprint density at radius 2 is 1.88 bits per heavy atom. The first kappa shape index (κ1) is 17.1. The van der Waals surface area contributed by atoms with E-state index in [1.165, 1.54) is 64.5 Å². The summed E-state index contributed by atoms with van der Waals surface area (Å²) in [6.45, 7) is 3.13. The van der Waals surface area contributed by atoms with E-state index < -0.39 is 0 Å². The van der Waals surface area contributed by atoms with Gasteiger partial charge in [-0.15, -0.1) is 0 Å². The summed E-state index contributed by atoms with van der Waals surface area (Å²) >= 11 is 0. The average molecular weight is 328 g/mol. The van der Waals surface area contributed by atoms with Crippen LogP contribution in [0.3, 0.4) is 0 Å². The fourth-order valence-electron chi connectivity index (χ4n) is 4.05. The van der Waals surface area contributed by atoms with Crippen molar-refractivity contribution >= 4 is 12.0 Å². The third kappa shape index (κ3) is 4.41. The number of carbonyl (C=O) groups excluding carboxylic acids is 1. The Morgan fingerprint density at radius 1 is 1.12 bits per heavy atom. The fourth-order valence-corrected chi connectivity index (χ4v) is 4.05. The molecule has 1 saturated carbocycles. The molecule has 5 nitrogen and oxygen atoms in total. The van der Waals surface area contributed by atoms with E-state index >= 15 is 0 Å². The lowest BCUT2D eigenvalue weighted by molar-refractivity contribution is -0.117. The molecule has 1 aliphatic heterocycles. The van der Waals surface area contributed by atoms with Gasteiger partial charge in [-0.05, 0) is 44.8 Å². The van der Waals surface area contributed by atoms with Crippen molar-refractivity contribution in [2.24, 2.45) is 0 Å². The largest absolute Gasteiger partial charge is 0.351 e. The SMILES string of the molecule is O=C(C=Cc1cnccn1)NCC1(N2CCCCC2)CCCCC1. The molecule has 24 heavy (non-hydrogen) atoms. The molecule has 2 aliphatic rings. The minimum absolute atomic E-state index is 0.0392. The Hall–Kier alpha value is -1.75. The molecule has 1 N–H and O–H groups in total. The third-order valence-electron chi connectivity index (χ3n) is 5.39. The van der Waals surface area contributed by atoms with E-state index in [4.69, 9.17) is 0 Å². The van der Waals surface area contributed by atoms with E-state index in [9.17, 15) is 4.79 Å². The lowest BCUT2D eigenvalue weighted by Crippen LogP contribution is -2.58. The number of carbonyl (C=O) groups is 1. The molecule has 1 amide bonds. The molecule has 2 heterocycles. The molecule has 0 radical (unpaired) electrons. The Bertz CT molecular complexity index is 546. The maximum absolute atomic E-state index is 12.2. The molecule has 0 atom stereocenters. The highest BCUT2D eigenvalue weighted by atomic mass is 16.1. The van der Waals surface area contributed by atoms with Gasteiger partial charge in [-0.3, -0.25) is 19.7 Å². The van der Waals surface area contributed by atoms with E-state index in [2.05, 4.69) is 20.2 Å². The first-order chi connectivity index (χ1) is 11.8. The van der Waals surface area contributed by atoms with Gasteiger partial charge in [0, 0.05) is 30.6 Å². The smallest absolute Gasteiger partial charge is 0.244 e. The first-order valence-electron chi connectivity index (χ1n) is 9.26. The molecule has 5 heteroatoms. The van der Waals surface area contributed by atoms with Crippen molar-refractivity contribution in [3.63, 3.8) is 0 Å². The van der Waals surface area contributed by atoms with Crippen LogP contribution in [0.15, 0.2) is 24.7 Å². The molecule has 0 aromatic carbocycles. The summed E-state index contributed by atoms with van der Waals surface area (Å²) in [4.78, 5) is 23.0. The number of hydrogen-bond acceptors (Lipinski definition) is 4. The van der Waals surface area contributed by atoms with E-state index in [1.807, 2.05) is 0 Å². The topological polar surface area (TPSA) is 58.1 Å². The van der Waals surface area contributed by atoms with Crippen molar-refractivity contribution in [3.8, 4) is 0 Å². The van der Waals surface area contributed by atoms with Crippen molar-refractivity contribution in [3.05, 3.63) is 30.4 Å². The molecule has 1 aromatic rings. The highest BCUT2D eigenvalue weighted by molar-refractivity contribution is 5.91. The lowest BCUT2D eigenvalue weighted by atomic mass is 9.79. The molecular weight excluding hydrogens is 300 g/mol. The Labute approximate surface area is 144 Å². The molecule has 1 saturated heterocycles. The van der Waals surface area contributed by atoms with Gasteiger partial charge in [0.2, 0.25) is 5.91 Å². The summed E-state index contributed by atoms with van der Waals surface area (Å²) in [6.07, 6.45) is 18.4. The van der Waals surface area contributed by atoms with Crippen molar-refractivity contribution in [1.29, 1.82) is 0 Å². The summed E-state index contributed by atoms with van der Waals surface area (Å²) in [6, 6.07) is 0. The van der Waals surface area contributed by atoms with Crippen LogP contribution in [0.1, 0.15) is 57.1 Å². The van der Waals surface area contributed by atoms with Gasteiger partial charge < -0.3 is 5.32 Å². The van der Waals surface area contributed by atoms with Gasteiger partial charge in [0.25, 0.3) is 0 Å². The van der Waals surface area contributed by atoms with Crippen molar-refractivity contribution in [2.45, 2.75) is 56.9 Å². The predicted molar refractivity (Wildman–Crippen MR) is 95.3 cm³/mol. The van der Waals surface area contributed by atoms with Crippen LogP contribution in [-0.2, 0) is 4.79 Å². The van der Waals surface area contributed by atoms with Crippen LogP contribution in [0, 0.1) is 0 Å². The standard InChI is InChI=1S/C19H28N4O/c24-18(8-7-17-15-20-11-12-21-17)22-16-19(9-3-1-4-10-19)23-13-5-2-6-14-23/h7-8,11-12,15H,1-6,9-10,13-14,16H2,(H,22,24).